The lowest BCUT2D eigenvalue weighted by Crippen LogP contribution is -2.49. The molecular weight excluding hydrogens is 447 g/mol. The van der Waals surface area contributed by atoms with Crippen LogP contribution in [0, 0.1) is 5.82 Å². The second kappa shape index (κ2) is 8.37. The summed E-state index contributed by atoms with van der Waals surface area (Å²) in [6.45, 7) is 14.7. The van der Waals surface area contributed by atoms with Crippen LogP contribution in [-0.4, -0.2) is 52.2 Å². The topological polar surface area (TPSA) is 83.9 Å². The first-order valence-corrected chi connectivity index (χ1v) is 11.8. The van der Waals surface area contributed by atoms with E-state index >= 15 is 4.39 Å². The van der Waals surface area contributed by atoms with Gasteiger partial charge in [-0.1, -0.05) is 12.1 Å². The summed E-state index contributed by atoms with van der Waals surface area (Å²) >= 11 is 0. The van der Waals surface area contributed by atoms with Gasteiger partial charge in [0.05, 0.1) is 33.7 Å². The second-order valence-electron chi connectivity index (χ2n) is 11.3. The van der Waals surface area contributed by atoms with Crippen molar-refractivity contribution in [3.8, 4) is 17.0 Å². The van der Waals surface area contributed by atoms with Crippen LogP contribution < -0.4 is 10.9 Å². The molecule has 1 aliphatic rings. The Hall–Kier alpha value is -2.32. The first kappa shape index (κ1) is 25.8. The highest BCUT2D eigenvalue weighted by atomic mass is 19.1. The Labute approximate surface area is 207 Å². The molecule has 1 fully saturated rings. The van der Waals surface area contributed by atoms with E-state index in [2.05, 4.69) is 4.98 Å². The molecule has 0 spiro atoms. The zero-order chi connectivity index (χ0) is 26.0. The van der Waals surface area contributed by atoms with Gasteiger partial charge in [-0.05, 0) is 96.0 Å². The highest BCUT2D eigenvalue weighted by molar-refractivity contribution is 6.62. The quantitative estimate of drug-likeness (QED) is 0.468. The first-order chi connectivity index (χ1) is 16.0. The molecule has 1 aromatic heterocycles. The van der Waals surface area contributed by atoms with E-state index in [-0.39, 0.29) is 11.3 Å². The van der Waals surface area contributed by atoms with Gasteiger partial charge in [0.1, 0.15) is 11.6 Å². The van der Waals surface area contributed by atoms with Crippen molar-refractivity contribution in [1.82, 2.24) is 4.98 Å². The van der Waals surface area contributed by atoms with Crippen molar-refractivity contribution in [2.75, 3.05) is 0 Å². The SMILES string of the molecule is CC(C)(O)C(C)(C)O[B]c1cc(O)c(-c2cc3cc(B4OC(C)(C)C(C)(C)O4)ccc3[nH]2)c(F)c1. The summed E-state index contributed by atoms with van der Waals surface area (Å²) in [5.74, 6) is -0.822. The predicted octanol–water partition coefficient (Wildman–Crippen LogP) is 3.79. The Morgan fingerprint density at radius 3 is 2.20 bits per heavy atom. The largest absolute Gasteiger partial charge is 0.507 e. The number of aromatic hydroxyl groups is 1. The molecule has 9 heteroatoms. The molecule has 0 amide bonds. The number of halogens is 1. The van der Waals surface area contributed by atoms with Crippen LogP contribution in [-0.2, 0) is 14.0 Å². The fraction of sp³-hybridized carbons (Fsp3) is 0.462. The Morgan fingerprint density at radius 1 is 1.00 bits per heavy atom. The summed E-state index contributed by atoms with van der Waals surface area (Å²) in [5.41, 5.74) is -0.405. The van der Waals surface area contributed by atoms with Gasteiger partial charge in [0.25, 0.3) is 0 Å². The molecule has 1 saturated heterocycles. The van der Waals surface area contributed by atoms with Gasteiger partial charge in [0, 0.05) is 5.52 Å². The maximum Gasteiger partial charge on any atom is 0.494 e. The van der Waals surface area contributed by atoms with Crippen LogP contribution in [0.1, 0.15) is 55.4 Å². The second-order valence-corrected chi connectivity index (χ2v) is 11.3. The molecule has 35 heavy (non-hydrogen) atoms. The molecule has 0 atom stereocenters. The average molecular weight is 480 g/mol. The van der Waals surface area contributed by atoms with Gasteiger partial charge in [-0.15, -0.1) is 0 Å². The molecule has 3 aromatic rings. The van der Waals surface area contributed by atoms with Crippen LogP contribution in [0.25, 0.3) is 22.2 Å². The maximum absolute atomic E-state index is 15.1. The summed E-state index contributed by atoms with van der Waals surface area (Å²) in [7, 11) is 0.836. The van der Waals surface area contributed by atoms with Crippen LogP contribution in [0.4, 0.5) is 4.39 Å². The maximum atomic E-state index is 15.1. The highest BCUT2D eigenvalue weighted by Crippen LogP contribution is 2.37. The first-order valence-electron chi connectivity index (χ1n) is 11.8. The zero-order valence-electron chi connectivity index (χ0n) is 21.6. The predicted molar refractivity (Wildman–Crippen MR) is 138 cm³/mol. The molecule has 0 unspecified atom stereocenters. The van der Waals surface area contributed by atoms with Crippen LogP contribution >= 0.6 is 0 Å². The Balaban J connectivity index is 1.60. The number of H-pyrrole nitrogens is 1. The van der Waals surface area contributed by atoms with E-state index < -0.39 is 35.3 Å². The van der Waals surface area contributed by atoms with E-state index in [0.29, 0.717) is 11.2 Å². The number of phenolic OH excluding ortho intramolecular Hbond substituents is 1. The lowest BCUT2D eigenvalue weighted by molar-refractivity contribution is -0.0893. The fourth-order valence-electron chi connectivity index (χ4n) is 3.72. The third kappa shape index (κ3) is 4.75. The van der Waals surface area contributed by atoms with Crippen molar-refractivity contribution in [2.45, 2.75) is 77.8 Å². The molecule has 0 saturated carbocycles. The summed E-state index contributed by atoms with van der Waals surface area (Å²) in [6.07, 6.45) is 0. The Kier molecular flexibility index (Phi) is 6.16. The van der Waals surface area contributed by atoms with Gasteiger partial charge < -0.3 is 29.2 Å². The Bertz CT molecular complexity index is 1220. The summed E-state index contributed by atoms with van der Waals surface area (Å²) in [6, 6.07) is 10.3. The van der Waals surface area contributed by atoms with Gasteiger partial charge in [-0.3, -0.25) is 0 Å². The van der Waals surface area contributed by atoms with Crippen molar-refractivity contribution in [3.05, 3.63) is 42.2 Å². The molecule has 2 heterocycles. The van der Waals surface area contributed by atoms with Gasteiger partial charge in [-0.2, -0.15) is 0 Å². The lowest BCUT2D eigenvalue weighted by atomic mass is 9.78. The fourth-order valence-corrected chi connectivity index (χ4v) is 3.72. The summed E-state index contributed by atoms with van der Waals surface area (Å²) in [5, 5.41) is 21.7. The molecule has 6 nitrogen and oxygen atoms in total. The van der Waals surface area contributed by atoms with Gasteiger partial charge in [0.2, 0.25) is 0 Å². The van der Waals surface area contributed by atoms with E-state index in [1.807, 2.05) is 45.9 Å². The number of aromatic nitrogens is 1. The van der Waals surface area contributed by atoms with Crippen molar-refractivity contribution >= 4 is 36.4 Å². The zero-order valence-corrected chi connectivity index (χ0v) is 21.6. The number of aliphatic hydroxyl groups is 1. The van der Waals surface area contributed by atoms with Crippen molar-refractivity contribution < 1.29 is 28.6 Å². The van der Waals surface area contributed by atoms with Crippen LogP contribution in [0.2, 0.25) is 0 Å². The molecular formula is C26H33B2FNO5. The number of benzene rings is 2. The minimum atomic E-state index is -1.12. The molecule has 0 aliphatic carbocycles. The number of phenols is 1. The molecule has 2 aromatic carbocycles. The number of hydrogen-bond donors (Lipinski definition) is 3. The smallest absolute Gasteiger partial charge is 0.494 e. The van der Waals surface area contributed by atoms with Gasteiger partial charge in [-0.25, -0.2) is 4.39 Å². The summed E-state index contributed by atoms with van der Waals surface area (Å²) in [4.78, 5) is 3.18. The number of rotatable bonds is 6. The minimum Gasteiger partial charge on any atom is -0.507 e. The van der Waals surface area contributed by atoms with Crippen LogP contribution in [0.5, 0.6) is 5.75 Å². The van der Waals surface area contributed by atoms with Gasteiger partial charge in [0.15, 0.2) is 0 Å². The van der Waals surface area contributed by atoms with Gasteiger partial charge >= 0.3 is 14.6 Å². The van der Waals surface area contributed by atoms with E-state index in [0.717, 1.165) is 16.4 Å². The monoisotopic (exact) mass is 480 g/mol. The minimum absolute atomic E-state index is 0.0669. The molecule has 1 aliphatic heterocycles. The number of aromatic amines is 1. The number of fused-ring (bicyclic) bond motifs is 1. The lowest BCUT2D eigenvalue weighted by Gasteiger charge is -2.37. The summed E-state index contributed by atoms with van der Waals surface area (Å²) < 4.78 is 33.1. The average Bonchev–Trinajstić information content (AvgIpc) is 3.21. The highest BCUT2D eigenvalue weighted by Gasteiger charge is 2.51. The van der Waals surface area contributed by atoms with E-state index in [1.165, 1.54) is 19.6 Å². The standard InChI is InChI=1S/C26H33B2FNO5/c1-23(2,32)24(3,4)33-27-16-13-18(29)22(21(31)14-16)20-12-15-11-17(9-10-19(15)30-20)28-34-25(5,6)26(7,8)35-28/h9-14,30-32H,1-8H3. The molecule has 0 bridgehead atoms. The number of nitrogens with one attached hydrogen (secondary N) is 1. The van der Waals surface area contributed by atoms with Crippen LogP contribution in [0.15, 0.2) is 36.4 Å². The van der Waals surface area contributed by atoms with E-state index in [1.54, 1.807) is 33.8 Å². The van der Waals surface area contributed by atoms with E-state index in [4.69, 9.17) is 14.0 Å². The molecule has 3 N–H and O–H groups in total. The third-order valence-electron chi connectivity index (χ3n) is 7.49. The van der Waals surface area contributed by atoms with Crippen molar-refractivity contribution in [2.24, 2.45) is 0 Å². The van der Waals surface area contributed by atoms with E-state index in [9.17, 15) is 10.2 Å². The molecule has 185 valence electrons. The van der Waals surface area contributed by atoms with Crippen molar-refractivity contribution in [3.63, 3.8) is 0 Å². The van der Waals surface area contributed by atoms with Crippen molar-refractivity contribution in [1.29, 1.82) is 0 Å². The number of hydrogen-bond acceptors (Lipinski definition) is 5. The Morgan fingerprint density at radius 2 is 1.63 bits per heavy atom. The normalized spacial score (nSPS) is 17.8. The molecule has 1 radical (unpaired) electrons. The van der Waals surface area contributed by atoms with Crippen LogP contribution in [0.3, 0.4) is 0 Å². The molecule has 4 rings (SSSR count). The third-order valence-corrected chi connectivity index (χ3v) is 7.49.